The molecule has 0 spiro atoms. The highest BCUT2D eigenvalue weighted by atomic mass is 16.5. The third kappa shape index (κ3) is 2.34. The number of ether oxygens (including phenoxy) is 1. The van der Waals surface area contributed by atoms with Crippen molar-refractivity contribution >= 4 is 11.9 Å². The zero-order chi connectivity index (χ0) is 14.2. The van der Waals surface area contributed by atoms with Gasteiger partial charge in [-0.15, -0.1) is 0 Å². The summed E-state index contributed by atoms with van der Waals surface area (Å²) in [6.45, 7) is 4.35. The molecule has 0 aromatic carbocycles. The Morgan fingerprint density at radius 2 is 2.26 bits per heavy atom. The van der Waals surface area contributed by atoms with Crippen LogP contribution in [-0.2, 0) is 21.4 Å². The summed E-state index contributed by atoms with van der Waals surface area (Å²) < 4.78 is 6.49. The van der Waals surface area contributed by atoms with Crippen molar-refractivity contribution in [1.82, 2.24) is 14.7 Å². The number of rotatable bonds is 3. The molecule has 2 unspecified atom stereocenters. The Labute approximate surface area is 112 Å². The van der Waals surface area contributed by atoms with Gasteiger partial charge >= 0.3 is 5.97 Å². The predicted molar refractivity (Wildman–Crippen MR) is 68.2 cm³/mol. The van der Waals surface area contributed by atoms with Gasteiger partial charge in [-0.2, -0.15) is 5.10 Å². The van der Waals surface area contributed by atoms with Gasteiger partial charge in [-0.05, 0) is 13.8 Å². The first-order chi connectivity index (χ1) is 8.95. The van der Waals surface area contributed by atoms with Crippen molar-refractivity contribution in [2.45, 2.75) is 26.3 Å². The number of amides is 1. The number of hydrogen-bond donors (Lipinski definition) is 0. The van der Waals surface area contributed by atoms with E-state index in [0.29, 0.717) is 6.54 Å². The van der Waals surface area contributed by atoms with Crippen LogP contribution in [0.15, 0.2) is 6.20 Å². The number of hydrogen-bond acceptors (Lipinski definition) is 4. The van der Waals surface area contributed by atoms with Gasteiger partial charge in [0.25, 0.3) is 0 Å². The Kier molecular flexibility index (Phi) is 3.59. The van der Waals surface area contributed by atoms with Gasteiger partial charge in [-0.1, -0.05) is 0 Å². The van der Waals surface area contributed by atoms with E-state index in [9.17, 15) is 9.59 Å². The molecule has 2 heterocycles. The fourth-order valence-corrected chi connectivity index (χ4v) is 2.52. The second-order valence-electron chi connectivity index (χ2n) is 4.96. The maximum absolute atomic E-state index is 12.0. The monoisotopic (exact) mass is 265 g/mol. The Hall–Kier alpha value is -1.85. The molecule has 2 rings (SSSR count). The van der Waals surface area contributed by atoms with Crippen LogP contribution in [0.5, 0.6) is 0 Å². The number of likely N-dealkylation sites (tertiary alicyclic amines) is 1. The minimum Gasteiger partial charge on any atom is -0.469 e. The van der Waals surface area contributed by atoms with E-state index in [-0.39, 0.29) is 30.3 Å². The smallest absolute Gasteiger partial charge is 0.310 e. The Bertz CT molecular complexity index is 509. The highest BCUT2D eigenvalue weighted by Gasteiger charge is 2.38. The summed E-state index contributed by atoms with van der Waals surface area (Å²) in [5.41, 5.74) is 2.04. The minimum atomic E-state index is -0.350. The van der Waals surface area contributed by atoms with E-state index in [1.807, 2.05) is 20.9 Å². The number of nitrogens with zero attached hydrogens (tertiary/aromatic N) is 3. The molecule has 0 radical (unpaired) electrons. The molecule has 1 saturated heterocycles. The van der Waals surface area contributed by atoms with Crippen molar-refractivity contribution < 1.29 is 14.3 Å². The molecule has 1 aromatic heterocycles. The molecular formula is C13H19N3O3. The third-order valence-electron chi connectivity index (χ3n) is 3.88. The topological polar surface area (TPSA) is 64.4 Å². The lowest BCUT2D eigenvalue weighted by Crippen LogP contribution is -2.29. The molecule has 0 N–H and O–H groups in total. The fraction of sp³-hybridized carbons (Fsp3) is 0.615. The van der Waals surface area contributed by atoms with E-state index in [0.717, 1.165) is 11.3 Å². The van der Waals surface area contributed by atoms with Gasteiger partial charge in [0.15, 0.2) is 0 Å². The van der Waals surface area contributed by atoms with Crippen LogP contribution in [0.2, 0.25) is 0 Å². The summed E-state index contributed by atoms with van der Waals surface area (Å²) >= 11 is 0. The van der Waals surface area contributed by atoms with Crippen LogP contribution in [0.25, 0.3) is 0 Å². The van der Waals surface area contributed by atoms with Crippen LogP contribution in [0.4, 0.5) is 0 Å². The molecule has 6 nitrogen and oxygen atoms in total. The molecule has 1 amide bonds. The van der Waals surface area contributed by atoms with Gasteiger partial charge < -0.3 is 9.64 Å². The molecule has 1 aliphatic heterocycles. The summed E-state index contributed by atoms with van der Waals surface area (Å²) in [5.74, 6) is -0.672. The lowest BCUT2D eigenvalue weighted by Gasteiger charge is -2.24. The molecule has 2 atom stereocenters. The lowest BCUT2D eigenvalue weighted by molar-refractivity contribution is -0.145. The quantitative estimate of drug-likeness (QED) is 0.759. The highest BCUT2D eigenvalue weighted by Crippen LogP contribution is 2.30. The van der Waals surface area contributed by atoms with Crippen molar-refractivity contribution in [3.05, 3.63) is 17.5 Å². The number of aryl methyl sites for hydroxylation is 1. The zero-order valence-corrected chi connectivity index (χ0v) is 11.7. The Balaban J connectivity index is 2.16. The van der Waals surface area contributed by atoms with Gasteiger partial charge in [0.05, 0.1) is 25.3 Å². The van der Waals surface area contributed by atoms with E-state index in [4.69, 9.17) is 4.74 Å². The average Bonchev–Trinajstić information content (AvgIpc) is 2.93. The van der Waals surface area contributed by atoms with Crippen LogP contribution in [0.1, 0.15) is 30.6 Å². The molecule has 0 saturated carbocycles. The van der Waals surface area contributed by atoms with Crippen LogP contribution in [-0.4, -0.2) is 40.2 Å². The van der Waals surface area contributed by atoms with Crippen molar-refractivity contribution in [3.8, 4) is 0 Å². The first kappa shape index (κ1) is 13.6. The summed E-state index contributed by atoms with van der Waals surface area (Å²) in [5, 5.41) is 4.19. The predicted octanol–water partition coefficient (Wildman–Crippen LogP) is 0.811. The van der Waals surface area contributed by atoms with Crippen molar-refractivity contribution in [3.63, 3.8) is 0 Å². The van der Waals surface area contributed by atoms with E-state index in [1.165, 1.54) is 7.11 Å². The van der Waals surface area contributed by atoms with Crippen molar-refractivity contribution in [2.24, 2.45) is 13.0 Å². The Morgan fingerprint density at radius 3 is 2.79 bits per heavy atom. The number of carbonyl (C=O) groups is 2. The van der Waals surface area contributed by atoms with E-state index in [2.05, 4.69) is 5.10 Å². The summed E-state index contributed by atoms with van der Waals surface area (Å²) in [7, 11) is 3.22. The molecule has 19 heavy (non-hydrogen) atoms. The molecule has 6 heteroatoms. The Morgan fingerprint density at radius 1 is 1.58 bits per heavy atom. The number of carbonyl (C=O) groups excluding carboxylic acids is 2. The van der Waals surface area contributed by atoms with Gasteiger partial charge in [0.1, 0.15) is 0 Å². The minimum absolute atomic E-state index is 0.00819. The van der Waals surface area contributed by atoms with E-state index < -0.39 is 0 Å². The molecular weight excluding hydrogens is 246 g/mol. The standard InChI is InChI=1S/C13H19N3O3/c1-8-11(6-14-15(8)3)9(2)16-7-10(5-12(16)17)13(18)19-4/h6,9-10H,5,7H2,1-4H3. The van der Waals surface area contributed by atoms with Gasteiger partial charge in [0, 0.05) is 31.3 Å². The average molecular weight is 265 g/mol. The summed E-state index contributed by atoms with van der Waals surface area (Å²) in [4.78, 5) is 25.3. The first-order valence-corrected chi connectivity index (χ1v) is 6.31. The van der Waals surface area contributed by atoms with Crippen molar-refractivity contribution in [2.75, 3.05) is 13.7 Å². The van der Waals surface area contributed by atoms with Gasteiger partial charge in [-0.3, -0.25) is 14.3 Å². The lowest BCUT2D eigenvalue weighted by atomic mass is 10.1. The normalized spacial score (nSPS) is 20.7. The van der Waals surface area contributed by atoms with Crippen LogP contribution < -0.4 is 0 Å². The third-order valence-corrected chi connectivity index (χ3v) is 3.88. The summed E-state index contributed by atoms with van der Waals surface area (Å²) in [6.07, 6.45) is 2.01. The van der Waals surface area contributed by atoms with Gasteiger partial charge in [-0.25, -0.2) is 0 Å². The first-order valence-electron chi connectivity index (χ1n) is 6.31. The van der Waals surface area contributed by atoms with E-state index in [1.54, 1.807) is 15.8 Å². The molecule has 0 aliphatic carbocycles. The molecule has 1 fully saturated rings. The van der Waals surface area contributed by atoms with Crippen LogP contribution in [0, 0.1) is 12.8 Å². The molecule has 0 bridgehead atoms. The maximum Gasteiger partial charge on any atom is 0.310 e. The molecule has 104 valence electrons. The number of esters is 1. The SMILES string of the molecule is COC(=O)C1CC(=O)N(C(C)c2cnn(C)c2C)C1. The molecule has 1 aromatic rings. The maximum atomic E-state index is 12.0. The second-order valence-corrected chi connectivity index (χ2v) is 4.96. The van der Waals surface area contributed by atoms with Crippen LogP contribution >= 0.6 is 0 Å². The number of methoxy groups -OCH3 is 1. The molecule has 1 aliphatic rings. The highest BCUT2D eigenvalue weighted by molar-refractivity contribution is 5.87. The zero-order valence-electron chi connectivity index (χ0n) is 11.7. The number of aromatic nitrogens is 2. The van der Waals surface area contributed by atoms with E-state index >= 15 is 0 Å². The largest absolute Gasteiger partial charge is 0.469 e. The summed E-state index contributed by atoms with van der Waals surface area (Å²) in [6, 6.07) is -0.0733. The second kappa shape index (κ2) is 5.03. The fourth-order valence-electron chi connectivity index (χ4n) is 2.52. The van der Waals surface area contributed by atoms with Crippen LogP contribution in [0.3, 0.4) is 0 Å². The van der Waals surface area contributed by atoms with Gasteiger partial charge in [0.2, 0.25) is 5.91 Å². The van der Waals surface area contributed by atoms with Crippen molar-refractivity contribution in [1.29, 1.82) is 0 Å².